The van der Waals surface area contributed by atoms with Crippen LogP contribution in [0, 0.1) is 13.8 Å². The summed E-state index contributed by atoms with van der Waals surface area (Å²) in [5.74, 6) is 0.0231. The molecule has 0 saturated heterocycles. The Kier molecular flexibility index (Phi) is 4.01. The van der Waals surface area contributed by atoms with E-state index >= 15 is 0 Å². The number of aromatic nitrogens is 2. The Hall–Kier alpha value is -2.10. The fourth-order valence-corrected chi connectivity index (χ4v) is 3.22. The highest BCUT2D eigenvalue weighted by Gasteiger charge is 2.14. The predicted octanol–water partition coefficient (Wildman–Crippen LogP) is 3.10. The summed E-state index contributed by atoms with van der Waals surface area (Å²) >= 11 is 0. The number of nitrogens with one attached hydrogen (secondary N) is 1. The van der Waals surface area contributed by atoms with E-state index < -0.39 is 0 Å². The number of hydrogen-bond acceptors (Lipinski definition) is 2. The van der Waals surface area contributed by atoms with Crippen LogP contribution in [0.15, 0.2) is 18.2 Å². The van der Waals surface area contributed by atoms with Crippen LogP contribution in [0.2, 0.25) is 0 Å². The minimum atomic E-state index is 0.0231. The largest absolute Gasteiger partial charge is 0.323 e. The third-order valence-electron chi connectivity index (χ3n) is 4.55. The molecule has 0 spiro atoms. The third-order valence-corrected chi connectivity index (χ3v) is 4.55. The van der Waals surface area contributed by atoms with Crippen molar-refractivity contribution in [3.8, 4) is 0 Å². The van der Waals surface area contributed by atoms with Crippen molar-refractivity contribution in [3.63, 3.8) is 0 Å². The quantitative estimate of drug-likeness (QED) is 0.946. The number of hydrogen-bond donors (Lipinski definition) is 1. The van der Waals surface area contributed by atoms with E-state index in [0.29, 0.717) is 6.42 Å². The van der Waals surface area contributed by atoms with E-state index in [4.69, 9.17) is 0 Å². The van der Waals surface area contributed by atoms with Crippen molar-refractivity contribution in [1.29, 1.82) is 0 Å². The summed E-state index contributed by atoms with van der Waals surface area (Å²) in [6, 6.07) is 6.49. The van der Waals surface area contributed by atoms with Gasteiger partial charge in [-0.05, 0) is 56.2 Å². The van der Waals surface area contributed by atoms with Gasteiger partial charge in [0, 0.05) is 7.05 Å². The van der Waals surface area contributed by atoms with Crippen LogP contribution in [0.1, 0.15) is 40.9 Å². The maximum atomic E-state index is 12.3. The average Bonchev–Trinajstić information content (AvgIpc) is 2.73. The van der Waals surface area contributed by atoms with Crippen LogP contribution < -0.4 is 5.32 Å². The SMILES string of the molecule is Cc1nn(C)c(C)c1NC(=O)Cc1ccc2c(c1)CCCC2. The van der Waals surface area contributed by atoms with Crippen molar-refractivity contribution in [3.05, 3.63) is 46.3 Å². The minimum absolute atomic E-state index is 0.0231. The van der Waals surface area contributed by atoms with Gasteiger partial charge in [-0.25, -0.2) is 0 Å². The first-order valence-corrected chi connectivity index (χ1v) is 7.95. The lowest BCUT2D eigenvalue weighted by Gasteiger charge is -2.16. The maximum absolute atomic E-state index is 12.3. The van der Waals surface area contributed by atoms with Crippen molar-refractivity contribution < 1.29 is 4.79 Å². The van der Waals surface area contributed by atoms with Gasteiger partial charge in [0.25, 0.3) is 0 Å². The lowest BCUT2D eigenvalue weighted by molar-refractivity contribution is -0.115. The number of anilines is 1. The summed E-state index contributed by atoms with van der Waals surface area (Å²) in [6.07, 6.45) is 5.28. The third kappa shape index (κ3) is 2.91. The number of nitrogens with zero attached hydrogens (tertiary/aromatic N) is 2. The summed E-state index contributed by atoms with van der Waals surface area (Å²) in [6.45, 7) is 3.88. The highest BCUT2D eigenvalue weighted by atomic mass is 16.1. The summed E-state index contributed by atoms with van der Waals surface area (Å²) in [5.41, 5.74) is 6.65. The highest BCUT2D eigenvalue weighted by Crippen LogP contribution is 2.23. The van der Waals surface area contributed by atoms with Crippen LogP contribution in [0.25, 0.3) is 0 Å². The Morgan fingerprint density at radius 3 is 2.64 bits per heavy atom. The zero-order valence-electron chi connectivity index (χ0n) is 13.6. The number of benzene rings is 1. The molecule has 22 heavy (non-hydrogen) atoms. The van der Waals surface area contributed by atoms with E-state index in [2.05, 4.69) is 28.6 Å². The summed E-state index contributed by atoms with van der Waals surface area (Å²) in [7, 11) is 1.89. The molecule has 0 aliphatic heterocycles. The molecular weight excluding hydrogens is 274 g/mol. The van der Waals surface area contributed by atoms with Crippen LogP contribution in [-0.4, -0.2) is 15.7 Å². The van der Waals surface area contributed by atoms with E-state index in [-0.39, 0.29) is 5.91 Å². The van der Waals surface area contributed by atoms with E-state index in [1.807, 2.05) is 20.9 Å². The number of carbonyl (C=O) groups excluding carboxylic acids is 1. The number of aryl methyl sites for hydroxylation is 4. The van der Waals surface area contributed by atoms with Gasteiger partial charge in [-0.2, -0.15) is 5.10 Å². The summed E-state index contributed by atoms with van der Waals surface area (Å²) in [5, 5.41) is 7.34. The van der Waals surface area contributed by atoms with Gasteiger partial charge in [-0.15, -0.1) is 0 Å². The molecule has 3 rings (SSSR count). The second-order valence-corrected chi connectivity index (χ2v) is 6.20. The van der Waals surface area contributed by atoms with Gasteiger partial charge in [0.1, 0.15) is 0 Å². The molecule has 4 heteroatoms. The summed E-state index contributed by atoms with van der Waals surface area (Å²) in [4.78, 5) is 12.3. The fourth-order valence-electron chi connectivity index (χ4n) is 3.22. The molecule has 0 radical (unpaired) electrons. The van der Waals surface area contributed by atoms with Gasteiger partial charge in [0.05, 0.1) is 23.5 Å². The topological polar surface area (TPSA) is 46.9 Å². The average molecular weight is 297 g/mol. The number of carbonyl (C=O) groups is 1. The first kappa shape index (κ1) is 14.8. The van der Waals surface area contributed by atoms with Crippen molar-refractivity contribution in [2.24, 2.45) is 7.05 Å². The maximum Gasteiger partial charge on any atom is 0.228 e. The van der Waals surface area contributed by atoms with E-state index in [0.717, 1.165) is 29.1 Å². The Morgan fingerprint density at radius 1 is 1.23 bits per heavy atom. The lowest BCUT2D eigenvalue weighted by Crippen LogP contribution is -2.16. The standard InChI is InChI=1S/C18H23N3O/c1-12-18(13(2)21(3)20-12)19-17(22)11-14-8-9-15-6-4-5-7-16(15)10-14/h8-10H,4-7,11H2,1-3H3,(H,19,22). The van der Waals surface area contributed by atoms with Gasteiger partial charge in [0.15, 0.2) is 0 Å². The molecule has 1 aliphatic carbocycles. The molecule has 0 atom stereocenters. The molecule has 2 aromatic rings. The van der Waals surface area contributed by atoms with Gasteiger partial charge in [-0.1, -0.05) is 18.2 Å². The second kappa shape index (κ2) is 5.95. The first-order chi connectivity index (χ1) is 10.5. The van der Waals surface area contributed by atoms with Crippen LogP contribution in [-0.2, 0) is 31.1 Å². The van der Waals surface area contributed by atoms with Crippen LogP contribution in [0.4, 0.5) is 5.69 Å². The first-order valence-electron chi connectivity index (χ1n) is 7.95. The molecule has 1 heterocycles. The zero-order chi connectivity index (χ0) is 15.7. The van der Waals surface area contributed by atoms with E-state index in [9.17, 15) is 4.79 Å². The Labute approximate surface area is 131 Å². The molecule has 0 bridgehead atoms. The van der Waals surface area contributed by atoms with Crippen LogP contribution in [0.5, 0.6) is 0 Å². The molecule has 0 saturated carbocycles. The van der Waals surface area contributed by atoms with Crippen LogP contribution in [0.3, 0.4) is 0 Å². The highest BCUT2D eigenvalue weighted by molar-refractivity contribution is 5.93. The number of fused-ring (bicyclic) bond motifs is 1. The van der Waals surface area contributed by atoms with Gasteiger partial charge in [0.2, 0.25) is 5.91 Å². The fraction of sp³-hybridized carbons (Fsp3) is 0.444. The normalized spacial score (nSPS) is 13.8. The number of rotatable bonds is 3. The minimum Gasteiger partial charge on any atom is -0.323 e. The molecule has 0 unspecified atom stereocenters. The molecular formula is C18H23N3O. The van der Waals surface area contributed by atoms with Crippen molar-refractivity contribution in [2.75, 3.05) is 5.32 Å². The molecule has 1 N–H and O–H groups in total. The Balaban J connectivity index is 1.72. The van der Waals surface area contributed by atoms with Gasteiger partial charge < -0.3 is 5.32 Å². The molecule has 4 nitrogen and oxygen atoms in total. The molecule has 1 aromatic carbocycles. The predicted molar refractivity (Wildman–Crippen MR) is 88.1 cm³/mol. The molecule has 116 valence electrons. The molecule has 1 amide bonds. The Morgan fingerprint density at radius 2 is 1.95 bits per heavy atom. The summed E-state index contributed by atoms with van der Waals surface area (Å²) < 4.78 is 1.80. The van der Waals surface area contributed by atoms with Gasteiger partial charge >= 0.3 is 0 Å². The second-order valence-electron chi connectivity index (χ2n) is 6.20. The monoisotopic (exact) mass is 297 g/mol. The van der Waals surface area contributed by atoms with Gasteiger partial charge in [-0.3, -0.25) is 9.48 Å². The molecule has 0 fully saturated rings. The smallest absolute Gasteiger partial charge is 0.228 e. The van der Waals surface area contributed by atoms with Crippen molar-refractivity contribution in [1.82, 2.24) is 9.78 Å². The molecule has 1 aliphatic rings. The van der Waals surface area contributed by atoms with Crippen molar-refractivity contribution >= 4 is 11.6 Å². The Bertz CT molecular complexity index is 715. The zero-order valence-corrected chi connectivity index (χ0v) is 13.6. The van der Waals surface area contributed by atoms with E-state index in [1.165, 1.54) is 30.4 Å². The van der Waals surface area contributed by atoms with Crippen molar-refractivity contribution in [2.45, 2.75) is 46.0 Å². The molecule has 1 aromatic heterocycles. The van der Waals surface area contributed by atoms with E-state index in [1.54, 1.807) is 4.68 Å². The van der Waals surface area contributed by atoms with Crippen LogP contribution >= 0.6 is 0 Å². The lowest BCUT2D eigenvalue weighted by atomic mass is 9.90. The number of amides is 1.